The van der Waals surface area contributed by atoms with Gasteiger partial charge in [-0.1, -0.05) is 0 Å². The Labute approximate surface area is 150 Å². The topological polar surface area (TPSA) is 70.7 Å². The van der Waals surface area contributed by atoms with E-state index < -0.39 is 0 Å². The van der Waals surface area contributed by atoms with Crippen molar-refractivity contribution in [3.8, 4) is 0 Å². The Morgan fingerprint density at radius 1 is 1.00 bits per heavy atom. The lowest BCUT2D eigenvalue weighted by atomic mass is 9.53. The van der Waals surface area contributed by atoms with Gasteiger partial charge in [0.15, 0.2) is 0 Å². The number of carbonyl (C=O) groups is 2. The van der Waals surface area contributed by atoms with Crippen LogP contribution in [0.4, 0.5) is 4.79 Å². The van der Waals surface area contributed by atoms with Crippen LogP contribution in [0.1, 0.15) is 52.4 Å². The Bertz CT molecular complexity index is 505. The maximum absolute atomic E-state index is 12.4. The van der Waals surface area contributed by atoms with Crippen LogP contribution in [0, 0.1) is 17.8 Å². The van der Waals surface area contributed by atoms with E-state index in [4.69, 9.17) is 4.74 Å². The normalized spacial score (nSPS) is 43.0. The van der Waals surface area contributed by atoms with Crippen molar-refractivity contribution in [3.63, 3.8) is 0 Å². The van der Waals surface area contributed by atoms with Gasteiger partial charge in [-0.2, -0.15) is 0 Å². The van der Waals surface area contributed by atoms with Crippen LogP contribution in [-0.4, -0.2) is 54.2 Å². The molecule has 5 aliphatic rings. The number of amides is 3. The van der Waals surface area contributed by atoms with Crippen LogP contribution in [0.5, 0.6) is 0 Å². The lowest BCUT2D eigenvalue weighted by molar-refractivity contribution is -0.124. The first-order chi connectivity index (χ1) is 11.9. The summed E-state index contributed by atoms with van der Waals surface area (Å²) in [5, 5.41) is 5.76. The van der Waals surface area contributed by atoms with E-state index in [0.717, 1.165) is 50.1 Å². The predicted molar refractivity (Wildman–Crippen MR) is 94.0 cm³/mol. The van der Waals surface area contributed by atoms with Gasteiger partial charge in [-0.05, 0) is 70.1 Å². The zero-order valence-electron chi connectivity index (χ0n) is 15.4. The third-order valence-corrected chi connectivity index (χ3v) is 6.53. The predicted octanol–water partition coefficient (Wildman–Crippen LogP) is 1.89. The Balaban J connectivity index is 1.28. The summed E-state index contributed by atoms with van der Waals surface area (Å²) in [4.78, 5) is 26.8. The monoisotopic (exact) mass is 349 g/mol. The minimum absolute atomic E-state index is 0.0545. The zero-order chi connectivity index (χ0) is 17.6. The number of hydrogen-bond donors (Lipinski definition) is 2. The zero-order valence-corrected chi connectivity index (χ0v) is 15.4. The fourth-order valence-corrected chi connectivity index (χ4v) is 6.32. The molecule has 4 aliphatic carbocycles. The SMILES string of the molecule is C[C@@H]1CN(CC(=O)NC(=O)NC23CC4CC(CC(C4)C2)C3)C[C@@H](C)O1. The van der Waals surface area contributed by atoms with Gasteiger partial charge in [-0.3, -0.25) is 15.0 Å². The molecule has 1 aliphatic heterocycles. The molecule has 140 valence electrons. The van der Waals surface area contributed by atoms with Gasteiger partial charge in [-0.15, -0.1) is 0 Å². The molecule has 6 heteroatoms. The van der Waals surface area contributed by atoms with Gasteiger partial charge < -0.3 is 10.1 Å². The molecule has 25 heavy (non-hydrogen) atoms. The lowest BCUT2D eigenvalue weighted by Gasteiger charge is -2.56. The standard InChI is InChI=1S/C19H31N3O3/c1-12-9-22(10-13(2)25-12)11-17(23)20-18(24)21-19-6-14-3-15(7-19)5-16(4-14)8-19/h12-16H,3-11H2,1-2H3,(H2,20,21,23,24)/t12-,13-,14?,15?,16?,19?/m1/s1. The molecule has 4 saturated carbocycles. The van der Waals surface area contributed by atoms with Gasteiger partial charge in [0.1, 0.15) is 0 Å². The van der Waals surface area contributed by atoms with Crippen molar-refractivity contribution in [2.75, 3.05) is 19.6 Å². The molecule has 2 atom stereocenters. The number of imide groups is 1. The third kappa shape index (κ3) is 3.85. The lowest BCUT2D eigenvalue weighted by Crippen LogP contribution is -2.62. The number of rotatable bonds is 3. The molecule has 4 bridgehead atoms. The number of nitrogens with one attached hydrogen (secondary N) is 2. The fourth-order valence-electron chi connectivity index (χ4n) is 6.32. The van der Waals surface area contributed by atoms with Gasteiger partial charge in [0, 0.05) is 18.6 Å². The van der Waals surface area contributed by atoms with Crippen LogP contribution in [0.25, 0.3) is 0 Å². The summed E-state index contributed by atoms with van der Waals surface area (Å²) in [7, 11) is 0. The number of hydrogen-bond acceptors (Lipinski definition) is 4. The number of ether oxygens (including phenoxy) is 1. The molecule has 0 aromatic rings. The Hall–Kier alpha value is -1.14. The molecule has 5 rings (SSSR count). The average Bonchev–Trinajstić information content (AvgIpc) is 2.42. The van der Waals surface area contributed by atoms with E-state index in [1.807, 2.05) is 13.8 Å². The van der Waals surface area contributed by atoms with E-state index in [0.29, 0.717) is 0 Å². The Kier molecular flexibility index (Phi) is 4.52. The van der Waals surface area contributed by atoms with Crippen LogP contribution >= 0.6 is 0 Å². The molecular weight excluding hydrogens is 318 g/mol. The first kappa shape index (κ1) is 17.3. The second-order valence-electron chi connectivity index (χ2n) is 9.15. The third-order valence-electron chi connectivity index (χ3n) is 6.53. The van der Waals surface area contributed by atoms with Gasteiger partial charge in [0.25, 0.3) is 0 Å². The second-order valence-corrected chi connectivity index (χ2v) is 9.15. The fraction of sp³-hybridized carbons (Fsp3) is 0.895. The minimum atomic E-state index is -0.304. The highest BCUT2D eigenvalue weighted by Crippen LogP contribution is 2.55. The maximum Gasteiger partial charge on any atom is 0.321 e. The molecule has 0 aromatic heterocycles. The van der Waals surface area contributed by atoms with Crippen molar-refractivity contribution < 1.29 is 14.3 Å². The molecule has 1 heterocycles. The van der Waals surface area contributed by atoms with E-state index in [2.05, 4.69) is 15.5 Å². The van der Waals surface area contributed by atoms with Gasteiger partial charge in [-0.25, -0.2) is 4.79 Å². The van der Waals surface area contributed by atoms with Crippen LogP contribution in [0.2, 0.25) is 0 Å². The Morgan fingerprint density at radius 3 is 2.04 bits per heavy atom. The minimum Gasteiger partial charge on any atom is -0.373 e. The first-order valence-electron chi connectivity index (χ1n) is 9.89. The van der Waals surface area contributed by atoms with Crippen molar-refractivity contribution in [3.05, 3.63) is 0 Å². The van der Waals surface area contributed by atoms with E-state index in [-0.39, 0.29) is 36.2 Å². The van der Waals surface area contributed by atoms with Crippen molar-refractivity contribution in [1.82, 2.24) is 15.5 Å². The second kappa shape index (κ2) is 6.54. The molecule has 3 amide bonds. The molecule has 0 radical (unpaired) electrons. The Morgan fingerprint density at radius 2 is 1.52 bits per heavy atom. The van der Waals surface area contributed by atoms with Crippen LogP contribution in [0.3, 0.4) is 0 Å². The summed E-state index contributed by atoms with van der Waals surface area (Å²) in [6.45, 7) is 5.75. The summed E-state index contributed by atoms with van der Waals surface area (Å²) in [6, 6.07) is -0.304. The first-order valence-corrected chi connectivity index (χ1v) is 9.89. The number of nitrogens with zero attached hydrogens (tertiary/aromatic N) is 1. The van der Waals surface area contributed by atoms with Crippen LogP contribution < -0.4 is 10.6 Å². The highest BCUT2D eigenvalue weighted by molar-refractivity contribution is 5.95. The van der Waals surface area contributed by atoms with E-state index in [9.17, 15) is 9.59 Å². The van der Waals surface area contributed by atoms with Crippen molar-refractivity contribution in [1.29, 1.82) is 0 Å². The smallest absolute Gasteiger partial charge is 0.321 e. The molecule has 1 saturated heterocycles. The summed E-state index contributed by atoms with van der Waals surface area (Å²) in [6.07, 6.45) is 7.56. The molecule has 2 N–H and O–H groups in total. The number of urea groups is 1. The average molecular weight is 349 g/mol. The quantitative estimate of drug-likeness (QED) is 0.816. The van der Waals surface area contributed by atoms with Gasteiger partial charge in [0.05, 0.1) is 18.8 Å². The highest BCUT2D eigenvalue weighted by Gasteiger charge is 2.51. The number of carbonyl (C=O) groups excluding carboxylic acids is 2. The summed E-state index contributed by atoms with van der Waals surface area (Å²) >= 11 is 0. The largest absolute Gasteiger partial charge is 0.373 e. The molecule has 0 unspecified atom stereocenters. The van der Waals surface area contributed by atoms with Gasteiger partial charge >= 0.3 is 6.03 Å². The van der Waals surface area contributed by atoms with E-state index in [1.54, 1.807) is 0 Å². The van der Waals surface area contributed by atoms with Crippen molar-refractivity contribution in [2.45, 2.75) is 70.1 Å². The van der Waals surface area contributed by atoms with E-state index >= 15 is 0 Å². The van der Waals surface area contributed by atoms with Crippen LogP contribution in [0.15, 0.2) is 0 Å². The summed E-state index contributed by atoms with van der Waals surface area (Å²) < 4.78 is 5.69. The highest BCUT2D eigenvalue weighted by atomic mass is 16.5. The van der Waals surface area contributed by atoms with Crippen molar-refractivity contribution >= 4 is 11.9 Å². The molecular formula is C19H31N3O3. The van der Waals surface area contributed by atoms with Crippen molar-refractivity contribution in [2.24, 2.45) is 17.8 Å². The molecule has 0 spiro atoms. The summed E-state index contributed by atoms with van der Waals surface area (Å²) in [5.74, 6) is 2.11. The van der Waals surface area contributed by atoms with Gasteiger partial charge in [0.2, 0.25) is 5.91 Å². The maximum atomic E-state index is 12.4. The molecule has 5 fully saturated rings. The number of morpholine rings is 1. The van der Waals surface area contributed by atoms with E-state index in [1.165, 1.54) is 19.3 Å². The summed E-state index contributed by atoms with van der Waals surface area (Å²) in [5.41, 5.74) is -0.0545. The molecule has 0 aromatic carbocycles. The molecule has 6 nitrogen and oxygen atoms in total. The van der Waals surface area contributed by atoms with Crippen LogP contribution in [-0.2, 0) is 9.53 Å².